The molecule has 1 saturated heterocycles. The quantitative estimate of drug-likeness (QED) is 0.0527. The number of carbonyl (C=O) groups excluding carboxylic acids is 2. The average Bonchev–Trinajstić information content (AvgIpc) is 3.57. The van der Waals surface area contributed by atoms with Gasteiger partial charge in [-0.2, -0.15) is 0 Å². The molecule has 4 rings (SSSR count). The number of nitrogens with zero attached hydrogens (tertiary/aromatic N) is 4. The van der Waals surface area contributed by atoms with Crippen molar-refractivity contribution in [3.05, 3.63) is 18.6 Å². The predicted octanol–water partition coefficient (Wildman–Crippen LogP) is -5.17. The monoisotopic (exact) mass is 820 g/mol. The van der Waals surface area contributed by atoms with Gasteiger partial charge in [0.1, 0.15) is 0 Å². The Hall–Kier alpha value is -1.65. The van der Waals surface area contributed by atoms with Crippen LogP contribution < -0.4 is 43.1 Å². The summed E-state index contributed by atoms with van der Waals surface area (Å²) in [6.45, 7) is 1.80. The number of amides is 1. The van der Waals surface area contributed by atoms with Gasteiger partial charge in [0.2, 0.25) is 5.91 Å². The standard InChI is InChI=1S/C25H41IN6O13P2/c1-6-15-18(44-25(21(15)34)32-23-20(29-26-32)22(30(3)4)27-13-28-23)11-43-47(39,40)45-17(19(41-5)12-42-46(36,37)38)8-10-31-9-7-16(33)14(2)24(31)35/h7,9,13-15,17-19,21,25,29,32,34H,6,8,10-12H2,1-5H3,(H,39,40)(H2,36,37,38)/p-2/t14-,15?,17?,18?,19?,21?,25?/m1/s1. The number of ketones is 1. The number of allylic oxidation sites excluding steroid dienone is 1. The third-order valence-electron chi connectivity index (χ3n) is 7.92. The Kier molecular flexibility index (Phi) is 12.9. The number of hydrogen-bond acceptors (Lipinski definition) is 16. The Balaban J connectivity index is 1.45. The number of rotatable bonds is 16. The fourth-order valence-corrected chi connectivity index (χ4v) is 9.21. The summed E-state index contributed by atoms with van der Waals surface area (Å²) >= 11 is -0.833. The molecule has 1 amide bonds. The van der Waals surface area contributed by atoms with Gasteiger partial charge in [-0.05, 0) is 13.0 Å². The molecule has 0 radical (unpaired) electrons. The van der Waals surface area contributed by atoms with Crippen molar-refractivity contribution >= 4 is 44.7 Å². The molecule has 9 unspecified atom stereocenters. The van der Waals surface area contributed by atoms with Crippen LogP contribution in [0, 0.1) is 11.8 Å². The number of quaternary nitrogens is 1. The molecule has 47 heavy (non-hydrogen) atoms. The second kappa shape index (κ2) is 15.9. The minimum absolute atomic E-state index is 0.139. The summed E-state index contributed by atoms with van der Waals surface area (Å²) in [4.78, 5) is 69.6. The molecule has 19 nitrogen and oxygen atoms in total. The fraction of sp³-hybridized carbons (Fsp3) is 0.680. The van der Waals surface area contributed by atoms with Crippen LogP contribution in [0.25, 0.3) is 0 Å². The summed E-state index contributed by atoms with van der Waals surface area (Å²) in [5.41, 5.74) is 0.737. The first-order valence-corrected chi connectivity index (χ1v) is 19.7. The van der Waals surface area contributed by atoms with Crippen molar-refractivity contribution in [1.82, 2.24) is 14.9 Å². The van der Waals surface area contributed by atoms with Crippen molar-refractivity contribution in [3.63, 3.8) is 0 Å². The van der Waals surface area contributed by atoms with Crippen LogP contribution in [0.4, 0.5) is 17.3 Å². The topological polar surface area (TPSA) is 250 Å². The van der Waals surface area contributed by atoms with Crippen LogP contribution in [0.15, 0.2) is 18.6 Å². The molecular formula is C25H39IN6O13P2-2. The van der Waals surface area contributed by atoms with Crippen molar-refractivity contribution in [2.45, 2.75) is 57.3 Å². The molecule has 0 aromatic carbocycles. The Morgan fingerprint density at radius 3 is 2.60 bits per heavy atom. The van der Waals surface area contributed by atoms with E-state index < -0.39 is 99.0 Å². The van der Waals surface area contributed by atoms with Crippen molar-refractivity contribution in [2.24, 2.45) is 11.8 Å². The van der Waals surface area contributed by atoms with Crippen molar-refractivity contribution in [3.8, 4) is 0 Å². The molecule has 10 atom stereocenters. The van der Waals surface area contributed by atoms with Gasteiger partial charge in [0.15, 0.2) is 5.78 Å². The molecule has 3 aliphatic heterocycles. The second-order valence-corrected chi connectivity index (χ2v) is 16.0. The minimum atomic E-state index is -5.21. The molecule has 0 spiro atoms. The zero-order valence-corrected chi connectivity index (χ0v) is 30.2. The van der Waals surface area contributed by atoms with E-state index in [4.69, 9.17) is 23.4 Å². The SMILES string of the molecule is CCC1C(COP(=O)([O-])OC(CCN2C=CC(=O)[C@@H](C)C2=O)C(COP(=O)([O-])O)OC)OC([NH+]2[I-]Nc3c(N(C)C)ncnc32)C1O. The number of nitrogens with one attached hydrogen (secondary N) is 2. The number of methoxy groups -OCH3 is 1. The number of phosphoric ester groups is 2. The van der Waals surface area contributed by atoms with E-state index in [1.165, 1.54) is 30.4 Å². The van der Waals surface area contributed by atoms with Crippen LogP contribution in [0.3, 0.4) is 0 Å². The summed E-state index contributed by atoms with van der Waals surface area (Å²) in [5.74, 6) is -1.03. The Morgan fingerprint density at radius 1 is 1.23 bits per heavy atom. The molecular weight excluding hydrogens is 781 g/mol. The van der Waals surface area contributed by atoms with E-state index in [0.29, 0.717) is 18.1 Å². The van der Waals surface area contributed by atoms with Crippen molar-refractivity contribution in [1.29, 1.82) is 0 Å². The first-order chi connectivity index (χ1) is 22.1. The zero-order chi connectivity index (χ0) is 34.7. The van der Waals surface area contributed by atoms with Crippen molar-refractivity contribution < 1.29 is 86.4 Å². The second-order valence-electron chi connectivity index (χ2n) is 11.2. The maximum absolute atomic E-state index is 13.1. The van der Waals surface area contributed by atoms with Gasteiger partial charge in [-0.15, -0.1) is 0 Å². The Bertz CT molecular complexity index is 1420. The number of aliphatic hydroxyl groups excluding tert-OH is 1. The summed E-state index contributed by atoms with van der Waals surface area (Å²) in [7, 11) is -5.56. The third kappa shape index (κ3) is 9.33. The number of fused-ring (bicyclic) bond motifs is 1. The van der Waals surface area contributed by atoms with E-state index in [-0.39, 0.29) is 18.7 Å². The van der Waals surface area contributed by atoms with E-state index >= 15 is 0 Å². The average molecular weight is 820 g/mol. The van der Waals surface area contributed by atoms with E-state index in [0.717, 1.165) is 15.9 Å². The number of halogens is 1. The van der Waals surface area contributed by atoms with E-state index in [1.807, 2.05) is 25.9 Å². The third-order valence-corrected chi connectivity index (χ3v) is 11.9. The van der Waals surface area contributed by atoms with Crippen LogP contribution in [0.2, 0.25) is 0 Å². The molecule has 3 aliphatic rings. The molecule has 4 N–H and O–H groups in total. The molecule has 4 heterocycles. The summed E-state index contributed by atoms with van der Waals surface area (Å²) < 4.78 is 54.9. The number of aromatic nitrogens is 2. The number of hydrogen-bond donors (Lipinski definition) is 4. The molecule has 1 aromatic rings. The van der Waals surface area contributed by atoms with E-state index in [1.54, 1.807) is 0 Å². The molecule has 1 aromatic heterocycles. The van der Waals surface area contributed by atoms with Gasteiger partial charge in [0.05, 0.1) is 5.92 Å². The van der Waals surface area contributed by atoms with Crippen molar-refractivity contribution in [2.75, 3.05) is 49.4 Å². The summed E-state index contributed by atoms with van der Waals surface area (Å²) in [5, 5.41) is 11.2. The van der Waals surface area contributed by atoms with E-state index in [9.17, 15) is 33.6 Å². The maximum atomic E-state index is 13.1. The number of anilines is 2. The van der Waals surface area contributed by atoms with Gasteiger partial charge >= 0.3 is 215 Å². The van der Waals surface area contributed by atoms with Gasteiger partial charge < -0.3 is 9.79 Å². The van der Waals surface area contributed by atoms with Gasteiger partial charge in [-0.3, -0.25) is 14.2 Å². The zero-order valence-electron chi connectivity index (χ0n) is 26.3. The Labute approximate surface area is 282 Å². The number of ether oxygens (including phenoxy) is 2. The first kappa shape index (κ1) is 38.2. The van der Waals surface area contributed by atoms with Crippen LogP contribution in [0.1, 0.15) is 26.7 Å². The normalized spacial score (nSPS) is 29.8. The van der Waals surface area contributed by atoms with E-state index in [2.05, 4.69) is 18.0 Å². The van der Waals surface area contributed by atoms with Gasteiger partial charge in [-0.1, -0.05) is 0 Å². The molecule has 0 saturated carbocycles. The molecule has 0 aliphatic carbocycles. The number of phosphoric acid groups is 2. The fourth-order valence-electron chi connectivity index (χ4n) is 5.37. The van der Waals surface area contributed by atoms with Crippen LogP contribution in [-0.4, -0.2) is 108 Å². The first-order valence-electron chi connectivity index (χ1n) is 14.6. The van der Waals surface area contributed by atoms with Crippen LogP contribution >= 0.6 is 15.6 Å². The summed E-state index contributed by atoms with van der Waals surface area (Å²) in [6, 6.07) is 0. The molecule has 22 heteroatoms. The number of carbonyl (C=O) groups is 2. The van der Waals surface area contributed by atoms with Crippen LogP contribution in [-0.2, 0) is 41.8 Å². The molecule has 266 valence electrons. The predicted molar refractivity (Wildman–Crippen MR) is 154 cm³/mol. The Morgan fingerprint density at radius 2 is 1.96 bits per heavy atom. The van der Waals surface area contributed by atoms with Gasteiger partial charge in [0.25, 0.3) is 7.82 Å². The molecule has 0 bridgehead atoms. The van der Waals surface area contributed by atoms with Gasteiger partial charge in [0, 0.05) is 6.20 Å². The summed E-state index contributed by atoms with van der Waals surface area (Å²) in [6.07, 6.45) is -1.31. The van der Waals surface area contributed by atoms with Gasteiger partial charge in [-0.25, -0.2) is 0 Å². The molecule has 1 fully saturated rings. The van der Waals surface area contributed by atoms with Crippen LogP contribution in [0.5, 0.6) is 0 Å². The number of aliphatic hydroxyl groups is 1.